The number of para-hydroxylation sites is 2. The molecule has 0 aliphatic carbocycles. The van der Waals surface area contributed by atoms with Crippen LogP contribution in [0.4, 0.5) is 11.4 Å². The lowest BCUT2D eigenvalue weighted by atomic mass is 9.94. The van der Waals surface area contributed by atoms with E-state index in [4.69, 9.17) is 4.42 Å². The molecule has 0 aliphatic rings. The minimum absolute atomic E-state index is 0.646. The predicted octanol–water partition coefficient (Wildman–Crippen LogP) is 16.2. The summed E-state index contributed by atoms with van der Waals surface area (Å²) in [6.45, 7) is 0.646. The van der Waals surface area contributed by atoms with E-state index in [-0.39, 0.29) is 0 Å². The van der Waals surface area contributed by atoms with Crippen LogP contribution in [0.2, 0.25) is 0 Å². The number of benzene rings is 10. The summed E-state index contributed by atoms with van der Waals surface area (Å²) >= 11 is 0. The van der Waals surface area contributed by atoms with E-state index in [1.807, 2.05) is 0 Å². The van der Waals surface area contributed by atoms with Crippen LogP contribution in [0, 0.1) is 0 Å². The number of anilines is 2. The van der Waals surface area contributed by atoms with Gasteiger partial charge in [-0.05, 0) is 104 Å². The normalized spacial score (nSPS) is 11.6. The van der Waals surface area contributed by atoms with Crippen molar-refractivity contribution in [2.45, 2.75) is 6.54 Å². The summed E-state index contributed by atoms with van der Waals surface area (Å²) in [5, 5.41) is 7.07. The smallest absolute Gasteiger partial charge is 0.138 e. The Bertz CT molecular complexity index is 3590. The lowest BCUT2D eigenvalue weighted by Gasteiger charge is -2.27. The van der Waals surface area contributed by atoms with E-state index in [1.54, 1.807) is 0 Å². The summed E-state index contributed by atoms with van der Waals surface area (Å²) in [5.41, 5.74) is 15.7. The fourth-order valence-electron chi connectivity index (χ4n) is 9.56. The van der Waals surface area contributed by atoms with Gasteiger partial charge < -0.3 is 13.9 Å². The topological polar surface area (TPSA) is 21.3 Å². The van der Waals surface area contributed by atoms with Gasteiger partial charge in [-0.3, -0.25) is 0 Å². The maximum absolute atomic E-state index is 6.96. The van der Waals surface area contributed by atoms with Crippen molar-refractivity contribution < 1.29 is 4.42 Å². The minimum Gasteiger partial charge on any atom is -0.456 e. The van der Waals surface area contributed by atoms with Crippen molar-refractivity contribution in [3.8, 4) is 39.1 Å². The minimum atomic E-state index is 0.646. The van der Waals surface area contributed by atoms with Gasteiger partial charge in [0.2, 0.25) is 0 Å². The molecule has 10 aromatic carbocycles. The van der Waals surface area contributed by atoms with E-state index in [2.05, 4.69) is 240 Å². The number of hydrogen-bond acceptors (Lipinski definition) is 2. The van der Waals surface area contributed by atoms with Gasteiger partial charge in [0, 0.05) is 51.2 Å². The summed E-state index contributed by atoms with van der Waals surface area (Å²) in [6.07, 6.45) is 0. The van der Waals surface area contributed by atoms with Crippen LogP contribution in [0.15, 0.2) is 235 Å². The zero-order valence-corrected chi connectivity index (χ0v) is 33.9. The highest BCUT2D eigenvalue weighted by Crippen LogP contribution is 2.46. The Morgan fingerprint density at radius 1 is 0.371 bits per heavy atom. The van der Waals surface area contributed by atoms with Gasteiger partial charge >= 0.3 is 0 Å². The second-order valence-corrected chi connectivity index (χ2v) is 16.1. The highest BCUT2D eigenvalue weighted by Gasteiger charge is 2.22. The summed E-state index contributed by atoms with van der Waals surface area (Å²) in [7, 11) is 0. The molecule has 0 radical (unpaired) electrons. The fraction of sp³-hybridized carbons (Fsp3) is 0.0169. The number of nitrogens with zero attached hydrogens (tertiary/aromatic N) is 2. The van der Waals surface area contributed by atoms with Crippen molar-refractivity contribution >= 4 is 65.9 Å². The van der Waals surface area contributed by atoms with Crippen molar-refractivity contribution in [2.24, 2.45) is 0 Å². The van der Waals surface area contributed by atoms with Gasteiger partial charge in [-0.1, -0.05) is 170 Å². The SMILES string of the molecule is c1ccc(-c2ccc(N(Cc3ccccc3-c3ccccc3)c3cc(-c4ccc5c(c4)c4ccccc4n5-c4ccccc4)c4c(c3)oc3ccc5ccccc5c34)cc2)cc1. The molecule has 12 rings (SSSR count). The molecule has 0 aliphatic heterocycles. The van der Waals surface area contributed by atoms with Crippen molar-refractivity contribution in [3.05, 3.63) is 236 Å². The highest BCUT2D eigenvalue weighted by molar-refractivity contribution is 6.24. The largest absolute Gasteiger partial charge is 0.456 e. The molecule has 3 nitrogen and oxygen atoms in total. The molecule has 0 fully saturated rings. The number of furan rings is 1. The average Bonchev–Trinajstić information content (AvgIpc) is 3.90. The monoisotopic (exact) mass is 792 g/mol. The summed E-state index contributed by atoms with van der Waals surface area (Å²) in [4.78, 5) is 2.45. The summed E-state index contributed by atoms with van der Waals surface area (Å²) < 4.78 is 9.34. The third-order valence-electron chi connectivity index (χ3n) is 12.5. The molecule has 0 saturated carbocycles. The lowest BCUT2D eigenvalue weighted by Crippen LogP contribution is -2.17. The van der Waals surface area contributed by atoms with E-state index in [9.17, 15) is 0 Å². The van der Waals surface area contributed by atoms with Gasteiger partial charge in [0.15, 0.2) is 0 Å². The van der Waals surface area contributed by atoms with Crippen LogP contribution in [0.3, 0.4) is 0 Å². The van der Waals surface area contributed by atoms with Gasteiger partial charge in [0.1, 0.15) is 11.2 Å². The first-order valence-corrected chi connectivity index (χ1v) is 21.3. The first kappa shape index (κ1) is 35.8. The zero-order valence-electron chi connectivity index (χ0n) is 33.9. The lowest BCUT2D eigenvalue weighted by molar-refractivity contribution is 0.669. The second-order valence-electron chi connectivity index (χ2n) is 16.1. The Morgan fingerprint density at radius 3 is 1.81 bits per heavy atom. The van der Waals surface area contributed by atoms with Gasteiger partial charge in [0.05, 0.1) is 11.0 Å². The van der Waals surface area contributed by atoms with E-state index < -0.39 is 0 Å². The van der Waals surface area contributed by atoms with Crippen LogP contribution in [0.25, 0.3) is 93.6 Å². The molecule has 62 heavy (non-hydrogen) atoms. The second kappa shape index (κ2) is 14.8. The van der Waals surface area contributed by atoms with Crippen LogP contribution in [0.5, 0.6) is 0 Å². The van der Waals surface area contributed by atoms with E-state index in [0.717, 1.165) is 50.1 Å². The predicted molar refractivity (Wildman–Crippen MR) is 261 cm³/mol. The van der Waals surface area contributed by atoms with Crippen LogP contribution in [-0.4, -0.2) is 4.57 Å². The molecule has 0 atom stereocenters. The highest BCUT2D eigenvalue weighted by atomic mass is 16.3. The molecule has 2 aromatic heterocycles. The van der Waals surface area contributed by atoms with Crippen molar-refractivity contribution in [1.82, 2.24) is 4.57 Å². The van der Waals surface area contributed by atoms with Gasteiger partial charge in [-0.25, -0.2) is 0 Å². The van der Waals surface area contributed by atoms with Gasteiger partial charge in [-0.15, -0.1) is 0 Å². The van der Waals surface area contributed by atoms with Gasteiger partial charge in [-0.2, -0.15) is 0 Å². The fourth-order valence-corrected chi connectivity index (χ4v) is 9.56. The Kier molecular flexibility index (Phi) is 8.57. The number of aromatic nitrogens is 1. The number of fused-ring (bicyclic) bond motifs is 8. The van der Waals surface area contributed by atoms with Gasteiger partial charge in [0.25, 0.3) is 0 Å². The maximum Gasteiger partial charge on any atom is 0.138 e. The van der Waals surface area contributed by atoms with Crippen LogP contribution < -0.4 is 4.90 Å². The van der Waals surface area contributed by atoms with E-state index in [1.165, 1.54) is 60.4 Å². The van der Waals surface area contributed by atoms with Crippen molar-refractivity contribution in [3.63, 3.8) is 0 Å². The number of rotatable bonds is 8. The molecule has 0 N–H and O–H groups in total. The Balaban J connectivity index is 1.12. The molecular formula is C59H40N2O. The molecule has 0 spiro atoms. The Hall–Kier alpha value is -8.14. The summed E-state index contributed by atoms with van der Waals surface area (Å²) in [6, 6.07) is 83.1. The summed E-state index contributed by atoms with van der Waals surface area (Å²) in [5.74, 6) is 0. The van der Waals surface area contributed by atoms with Crippen LogP contribution in [-0.2, 0) is 6.54 Å². The Labute approximate surface area is 360 Å². The molecule has 292 valence electrons. The average molecular weight is 793 g/mol. The molecule has 12 aromatic rings. The Morgan fingerprint density at radius 2 is 1.00 bits per heavy atom. The van der Waals surface area contributed by atoms with E-state index >= 15 is 0 Å². The van der Waals surface area contributed by atoms with Crippen LogP contribution in [0.1, 0.15) is 5.56 Å². The molecule has 0 saturated heterocycles. The standard InChI is InChI=1S/C59H40N2O/c1-4-16-40(17-5-1)41-28-32-46(33-29-41)60(39-45-21-11-12-24-49(45)42-18-6-2-7-19-42)48-37-52(59-57(38-48)62-56-35-31-43-20-10-13-25-50(43)58(56)59)44-30-34-55-53(36-44)51-26-14-15-27-54(51)61(55)47-22-8-3-9-23-47/h1-38H,39H2. The molecule has 3 heteroatoms. The van der Waals surface area contributed by atoms with Crippen LogP contribution >= 0.6 is 0 Å². The quantitative estimate of drug-likeness (QED) is 0.153. The molecule has 0 amide bonds. The van der Waals surface area contributed by atoms with Crippen molar-refractivity contribution in [1.29, 1.82) is 0 Å². The molecule has 0 bridgehead atoms. The van der Waals surface area contributed by atoms with E-state index in [0.29, 0.717) is 6.54 Å². The molecular weight excluding hydrogens is 753 g/mol. The molecule has 2 heterocycles. The first-order valence-electron chi connectivity index (χ1n) is 21.3. The number of hydrogen-bond donors (Lipinski definition) is 0. The maximum atomic E-state index is 6.96. The zero-order chi connectivity index (χ0) is 41.0. The molecule has 0 unspecified atom stereocenters. The van der Waals surface area contributed by atoms with Crippen molar-refractivity contribution in [2.75, 3.05) is 4.90 Å². The third-order valence-corrected chi connectivity index (χ3v) is 12.5. The third kappa shape index (κ3) is 6.05. The first-order chi connectivity index (χ1) is 30.7.